The Hall–Kier alpha value is -1.84. The first kappa shape index (κ1) is 18.0. The van der Waals surface area contributed by atoms with Crippen LogP contribution in [0.25, 0.3) is 0 Å². The van der Waals surface area contributed by atoms with E-state index >= 15 is 0 Å². The van der Waals surface area contributed by atoms with E-state index in [4.69, 9.17) is 4.74 Å². The molecule has 134 valence electrons. The Kier molecular flexibility index (Phi) is 5.45. The predicted molar refractivity (Wildman–Crippen MR) is 102 cm³/mol. The van der Waals surface area contributed by atoms with E-state index in [1.807, 2.05) is 18.2 Å². The first-order chi connectivity index (χ1) is 11.9. The number of para-hydroxylation sites is 1. The lowest BCUT2D eigenvalue weighted by Crippen LogP contribution is -2.38. The molecule has 1 N–H and O–H groups in total. The van der Waals surface area contributed by atoms with Gasteiger partial charge in [-0.25, -0.2) is 0 Å². The average Bonchev–Trinajstić information content (AvgIpc) is 2.59. The lowest BCUT2D eigenvalue weighted by Gasteiger charge is -2.30. The van der Waals surface area contributed by atoms with Crippen molar-refractivity contribution in [3.8, 4) is 5.75 Å². The van der Waals surface area contributed by atoms with Crippen LogP contribution in [-0.4, -0.2) is 35.8 Å². The van der Waals surface area contributed by atoms with E-state index in [0.717, 1.165) is 25.3 Å². The minimum atomic E-state index is -0.488. The molecule has 1 atom stereocenters. The Labute approximate surface area is 151 Å². The van der Waals surface area contributed by atoms with Crippen LogP contribution in [0.4, 0.5) is 0 Å². The van der Waals surface area contributed by atoms with E-state index in [0.29, 0.717) is 13.2 Å². The van der Waals surface area contributed by atoms with Crippen molar-refractivity contribution in [1.82, 2.24) is 4.90 Å². The second-order valence-electron chi connectivity index (χ2n) is 7.96. The Bertz CT molecular complexity index is 705. The Morgan fingerprint density at radius 3 is 2.48 bits per heavy atom. The Balaban J connectivity index is 1.55. The number of aliphatic hydroxyl groups excluding tert-OH is 1. The van der Waals surface area contributed by atoms with Gasteiger partial charge < -0.3 is 9.84 Å². The molecule has 1 heterocycles. The van der Waals surface area contributed by atoms with Gasteiger partial charge in [-0.1, -0.05) is 63.2 Å². The van der Waals surface area contributed by atoms with Crippen LogP contribution in [0.2, 0.25) is 0 Å². The van der Waals surface area contributed by atoms with E-state index in [9.17, 15) is 5.11 Å². The molecule has 0 spiro atoms. The summed E-state index contributed by atoms with van der Waals surface area (Å²) in [5.41, 5.74) is 4.01. The SMILES string of the molecule is CC(C)(C)c1ccccc1OC[C@H](O)CN1CCc2ccccc2C1. The molecule has 1 aliphatic heterocycles. The lowest BCUT2D eigenvalue weighted by molar-refractivity contribution is 0.0631. The summed E-state index contributed by atoms with van der Waals surface area (Å²) >= 11 is 0. The van der Waals surface area contributed by atoms with Crippen LogP contribution in [0.5, 0.6) is 5.75 Å². The third kappa shape index (κ3) is 4.62. The first-order valence-electron chi connectivity index (χ1n) is 9.13. The van der Waals surface area contributed by atoms with Crippen LogP contribution in [-0.2, 0) is 18.4 Å². The lowest BCUT2D eigenvalue weighted by atomic mass is 9.86. The molecular weight excluding hydrogens is 310 g/mol. The van der Waals surface area contributed by atoms with E-state index < -0.39 is 6.10 Å². The van der Waals surface area contributed by atoms with E-state index in [1.165, 1.54) is 16.7 Å². The van der Waals surface area contributed by atoms with Gasteiger partial charge in [-0.15, -0.1) is 0 Å². The van der Waals surface area contributed by atoms with E-state index in [-0.39, 0.29) is 5.41 Å². The molecule has 3 nitrogen and oxygen atoms in total. The van der Waals surface area contributed by atoms with Gasteiger partial charge in [0.05, 0.1) is 0 Å². The maximum Gasteiger partial charge on any atom is 0.123 e. The largest absolute Gasteiger partial charge is 0.491 e. The maximum atomic E-state index is 10.4. The van der Waals surface area contributed by atoms with E-state index in [1.54, 1.807) is 0 Å². The van der Waals surface area contributed by atoms with Gasteiger partial charge in [-0.3, -0.25) is 4.90 Å². The summed E-state index contributed by atoms with van der Waals surface area (Å²) in [6.45, 7) is 9.40. The molecule has 2 aromatic carbocycles. The highest BCUT2D eigenvalue weighted by molar-refractivity contribution is 5.38. The fourth-order valence-corrected chi connectivity index (χ4v) is 3.46. The molecule has 0 amide bonds. The molecule has 0 unspecified atom stereocenters. The third-order valence-corrected chi connectivity index (χ3v) is 4.80. The van der Waals surface area contributed by atoms with Crippen molar-refractivity contribution < 1.29 is 9.84 Å². The van der Waals surface area contributed by atoms with Crippen molar-refractivity contribution in [2.24, 2.45) is 0 Å². The molecule has 1 aliphatic rings. The van der Waals surface area contributed by atoms with Gasteiger partial charge in [0.25, 0.3) is 0 Å². The van der Waals surface area contributed by atoms with Crippen molar-refractivity contribution in [2.45, 2.75) is 45.3 Å². The zero-order valence-corrected chi connectivity index (χ0v) is 15.5. The molecule has 0 bridgehead atoms. The highest BCUT2D eigenvalue weighted by Gasteiger charge is 2.21. The predicted octanol–water partition coefficient (Wildman–Crippen LogP) is 3.78. The topological polar surface area (TPSA) is 32.7 Å². The highest BCUT2D eigenvalue weighted by atomic mass is 16.5. The summed E-state index contributed by atoms with van der Waals surface area (Å²) in [4.78, 5) is 2.31. The van der Waals surface area contributed by atoms with Crippen LogP contribution >= 0.6 is 0 Å². The summed E-state index contributed by atoms with van der Waals surface area (Å²) in [6.07, 6.45) is 0.564. The quantitative estimate of drug-likeness (QED) is 0.900. The number of hydrogen-bond acceptors (Lipinski definition) is 3. The van der Waals surface area contributed by atoms with Crippen LogP contribution in [0.15, 0.2) is 48.5 Å². The molecule has 0 aromatic heterocycles. The fourth-order valence-electron chi connectivity index (χ4n) is 3.46. The fraction of sp³-hybridized carbons (Fsp3) is 0.455. The van der Waals surface area contributed by atoms with Gasteiger partial charge in [0, 0.05) is 19.6 Å². The number of ether oxygens (including phenoxy) is 1. The minimum Gasteiger partial charge on any atom is -0.491 e. The van der Waals surface area contributed by atoms with Crippen LogP contribution in [0.1, 0.15) is 37.5 Å². The van der Waals surface area contributed by atoms with Crippen molar-refractivity contribution >= 4 is 0 Å². The number of fused-ring (bicyclic) bond motifs is 1. The molecule has 0 saturated carbocycles. The molecule has 0 saturated heterocycles. The smallest absolute Gasteiger partial charge is 0.123 e. The normalized spacial score (nSPS) is 16.3. The zero-order chi connectivity index (χ0) is 17.9. The van der Waals surface area contributed by atoms with Gasteiger partial charge in [0.15, 0.2) is 0 Å². The summed E-state index contributed by atoms with van der Waals surface area (Å²) in [6, 6.07) is 16.7. The summed E-state index contributed by atoms with van der Waals surface area (Å²) < 4.78 is 5.96. The molecule has 2 aromatic rings. The average molecular weight is 339 g/mol. The maximum absolute atomic E-state index is 10.4. The summed E-state index contributed by atoms with van der Waals surface area (Å²) in [5, 5.41) is 10.4. The molecule has 0 radical (unpaired) electrons. The van der Waals surface area contributed by atoms with Crippen LogP contribution in [0.3, 0.4) is 0 Å². The van der Waals surface area contributed by atoms with Gasteiger partial charge in [-0.05, 0) is 34.6 Å². The molecule has 25 heavy (non-hydrogen) atoms. The van der Waals surface area contributed by atoms with Crippen molar-refractivity contribution in [3.63, 3.8) is 0 Å². The Morgan fingerprint density at radius 2 is 1.72 bits per heavy atom. The molecular formula is C22H29NO2. The molecule has 0 aliphatic carbocycles. The van der Waals surface area contributed by atoms with Crippen molar-refractivity contribution in [3.05, 3.63) is 65.2 Å². The number of β-amino-alcohol motifs (C(OH)–C–C–N with tert-alkyl or cyclic N) is 1. The minimum absolute atomic E-state index is 0.0259. The number of nitrogens with zero attached hydrogens (tertiary/aromatic N) is 1. The van der Waals surface area contributed by atoms with Gasteiger partial charge in [-0.2, -0.15) is 0 Å². The number of benzene rings is 2. The number of rotatable bonds is 5. The first-order valence-corrected chi connectivity index (χ1v) is 9.13. The van der Waals surface area contributed by atoms with Gasteiger partial charge in [0.2, 0.25) is 0 Å². The zero-order valence-electron chi connectivity index (χ0n) is 15.5. The second kappa shape index (κ2) is 7.59. The number of hydrogen-bond donors (Lipinski definition) is 1. The van der Waals surface area contributed by atoms with Crippen LogP contribution < -0.4 is 4.74 Å². The summed E-state index contributed by atoms with van der Waals surface area (Å²) in [5.74, 6) is 0.873. The van der Waals surface area contributed by atoms with Crippen molar-refractivity contribution in [1.29, 1.82) is 0 Å². The number of aliphatic hydroxyl groups is 1. The molecule has 0 fully saturated rings. The van der Waals surface area contributed by atoms with E-state index in [2.05, 4.69) is 56.0 Å². The molecule has 3 heteroatoms. The molecule has 3 rings (SSSR count). The standard InChI is InChI=1S/C22H29NO2/c1-22(2,3)20-10-6-7-11-21(20)25-16-19(24)15-23-13-12-17-8-4-5-9-18(17)14-23/h4-11,19,24H,12-16H2,1-3H3/t19-/m1/s1. The van der Waals surface area contributed by atoms with Crippen LogP contribution in [0, 0.1) is 0 Å². The second-order valence-corrected chi connectivity index (χ2v) is 7.96. The third-order valence-electron chi connectivity index (χ3n) is 4.80. The monoisotopic (exact) mass is 339 g/mol. The van der Waals surface area contributed by atoms with Gasteiger partial charge in [0.1, 0.15) is 18.5 Å². The summed E-state index contributed by atoms with van der Waals surface area (Å²) in [7, 11) is 0. The highest BCUT2D eigenvalue weighted by Crippen LogP contribution is 2.31. The van der Waals surface area contributed by atoms with Crippen molar-refractivity contribution in [2.75, 3.05) is 19.7 Å². The van der Waals surface area contributed by atoms with Gasteiger partial charge >= 0.3 is 0 Å². The Morgan fingerprint density at radius 1 is 1.04 bits per heavy atom.